The van der Waals surface area contributed by atoms with E-state index in [4.69, 9.17) is 4.74 Å². The normalized spacial score (nSPS) is 10.0. The standard InChI is InChI=1S/C15H14N2O.C9H8F2O.C2H6/c1-11-3-5-12(6-4-11)14-10-16-15-9-13(18-2)7-8-17(14)15;1-5-3-4-7(10)8(6(2)12)9(5)11;1-2/h3-10H,1-2H3;3-4H,1-2H3;1-2H3. The second-order valence-electron chi connectivity index (χ2n) is 6.91. The number of ketones is 1. The summed E-state index contributed by atoms with van der Waals surface area (Å²) in [5.41, 5.74) is 4.24. The van der Waals surface area contributed by atoms with Crippen molar-refractivity contribution in [3.05, 3.63) is 89.2 Å². The van der Waals surface area contributed by atoms with Crippen LogP contribution in [0.5, 0.6) is 5.75 Å². The molecular weight excluding hydrogens is 410 g/mol. The number of hydrogen-bond donors (Lipinski definition) is 0. The van der Waals surface area contributed by atoms with Crippen molar-refractivity contribution in [3.63, 3.8) is 0 Å². The third kappa shape index (κ3) is 5.58. The highest BCUT2D eigenvalue weighted by Crippen LogP contribution is 2.23. The van der Waals surface area contributed by atoms with Crippen LogP contribution in [0.15, 0.2) is 60.9 Å². The van der Waals surface area contributed by atoms with Gasteiger partial charge in [0.15, 0.2) is 5.78 Å². The lowest BCUT2D eigenvalue weighted by atomic mass is 10.1. The Balaban J connectivity index is 0.000000227. The quantitative estimate of drug-likeness (QED) is 0.330. The number of aryl methyl sites for hydroxylation is 2. The molecule has 0 aliphatic carbocycles. The minimum atomic E-state index is -0.800. The Morgan fingerprint density at radius 2 is 1.66 bits per heavy atom. The van der Waals surface area contributed by atoms with Crippen LogP contribution in [0.2, 0.25) is 0 Å². The molecule has 0 aliphatic rings. The van der Waals surface area contributed by atoms with Gasteiger partial charge in [0.05, 0.1) is 24.6 Å². The van der Waals surface area contributed by atoms with Crippen molar-refractivity contribution < 1.29 is 18.3 Å². The highest BCUT2D eigenvalue weighted by atomic mass is 19.1. The fraction of sp³-hybridized carbons (Fsp3) is 0.231. The summed E-state index contributed by atoms with van der Waals surface area (Å²) in [6, 6.07) is 14.7. The maximum absolute atomic E-state index is 13.1. The van der Waals surface area contributed by atoms with Crippen molar-refractivity contribution in [1.29, 1.82) is 0 Å². The van der Waals surface area contributed by atoms with Crippen molar-refractivity contribution in [2.24, 2.45) is 0 Å². The van der Waals surface area contributed by atoms with Gasteiger partial charge in [-0.2, -0.15) is 0 Å². The zero-order chi connectivity index (χ0) is 23.8. The van der Waals surface area contributed by atoms with Crippen LogP contribution in [0.3, 0.4) is 0 Å². The number of hydrogen-bond acceptors (Lipinski definition) is 3. The Morgan fingerprint density at radius 3 is 2.22 bits per heavy atom. The zero-order valence-corrected chi connectivity index (χ0v) is 19.2. The van der Waals surface area contributed by atoms with Gasteiger partial charge < -0.3 is 4.74 Å². The number of benzene rings is 2. The highest BCUT2D eigenvalue weighted by Gasteiger charge is 2.14. The van der Waals surface area contributed by atoms with Crippen LogP contribution in [-0.2, 0) is 0 Å². The molecule has 4 aromatic rings. The molecule has 0 radical (unpaired) electrons. The summed E-state index contributed by atoms with van der Waals surface area (Å²) in [5, 5.41) is 0. The summed E-state index contributed by atoms with van der Waals surface area (Å²) in [6.07, 6.45) is 3.87. The molecular formula is C26H28F2N2O2. The van der Waals surface area contributed by atoms with Gasteiger partial charge >= 0.3 is 0 Å². The first kappa shape index (κ1) is 24.7. The Labute approximate surface area is 187 Å². The number of aromatic nitrogens is 2. The molecule has 0 atom stereocenters. The van der Waals surface area contributed by atoms with Crippen molar-refractivity contribution in [1.82, 2.24) is 9.38 Å². The van der Waals surface area contributed by atoms with Crippen LogP contribution in [-0.4, -0.2) is 22.3 Å². The molecule has 0 bridgehead atoms. The number of halogens is 2. The fourth-order valence-corrected chi connectivity index (χ4v) is 3.01. The number of methoxy groups -OCH3 is 1. The molecule has 0 fully saturated rings. The summed E-state index contributed by atoms with van der Waals surface area (Å²) < 4.78 is 33.1. The summed E-state index contributed by atoms with van der Waals surface area (Å²) in [7, 11) is 1.66. The van der Waals surface area contributed by atoms with Crippen molar-refractivity contribution >= 4 is 11.4 Å². The Bertz CT molecular complexity index is 1200. The molecule has 2 aromatic carbocycles. The Morgan fingerprint density at radius 1 is 1.00 bits per heavy atom. The van der Waals surface area contributed by atoms with E-state index in [1.54, 1.807) is 7.11 Å². The van der Waals surface area contributed by atoms with Gasteiger partial charge in [-0.3, -0.25) is 9.20 Å². The third-order valence-electron chi connectivity index (χ3n) is 4.70. The largest absolute Gasteiger partial charge is 0.497 e. The lowest BCUT2D eigenvalue weighted by molar-refractivity contribution is 0.100. The zero-order valence-electron chi connectivity index (χ0n) is 19.2. The molecule has 0 saturated heterocycles. The smallest absolute Gasteiger partial charge is 0.165 e. The first-order chi connectivity index (χ1) is 15.3. The molecule has 2 heterocycles. The molecule has 0 saturated carbocycles. The molecule has 0 spiro atoms. The van der Waals surface area contributed by atoms with Gasteiger partial charge in [0.2, 0.25) is 0 Å². The number of fused-ring (bicyclic) bond motifs is 1. The monoisotopic (exact) mass is 438 g/mol. The lowest BCUT2D eigenvalue weighted by Gasteiger charge is -2.04. The molecule has 0 amide bonds. The van der Waals surface area contributed by atoms with E-state index in [0.717, 1.165) is 30.1 Å². The van der Waals surface area contributed by atoms with E-state index in [1.165, 1.54) is 24.1 Å². The lowest BCUT2D eigenvalue weighted by Crippen LogP contribution is -2.02. The highest BCUT2D eigenvalue weighted by molar-refractivity contribution is 5.94. The van der Waals surface area contributed by atoms with Gasteiger partial charge in [-0.05, 0) is 38.5 Å². The average molecular weight is 439 g/mol. The number of carbonyl (C=O) groups is 1. The molecule has 4 rings (SSSR count). The van der Waals surface area contributed by atoms with Gasteiger partial charge in [-0.15, -0.1) is 0 Å². The van der Waals surface area contributed by atoms with Gasteiger partial charge in [0.25, 0.3) is 0 Å². The van der Waals surface area contributed by atoms with Crippen molar-refractivity contribution in [3.8, 4) is 17.0 Å². The van der Waals surface area contributed by atoms with E-state index in [0.29, 0.717) is 0 Å². The summed E-state index contributed by atoms with van der Waals surface area (Å²) in [5.74, 6) is -1.33. The summed E-state index contributed by atoms with van der Waals surface area (Å²) in [6.45, 7) is 8.71. The van der Waals surface area contributed by atoms with Gasteiger partial charge in [-0.1, -0.05) is 49.7 Å². The number of imidazole rings is 1. The second kappa shape index (κ2) is 11.2. The fourth-order valence-electron chi connectivity index (χ4n) is 3.01. The molecule has 2 aromatic heterocycles. The second-order valence-corrected chi connectivity index (χ2v) is 6.91. The molecule has 168 valence electrons. The van der Waals surface area contributed by atoms with Crippen LogP contribution in [0.1, 0.15) is 42.3 Å². The number of carbonyl (C=O) groups excluding carboxylic acids is 1. The van der Waals surface area contributed by atoms with Gasteiger partial charge in [0, 0.05) is 17.8 Å². The maximum Gasteiger partial charge on any atom is 0.165 e. The molecule has 0 unspecified atom stereocenters. The molecule has 32 heavy (non-hydrogen) atoms. The SMILES string of the molecule is CC.CC(=O)c1c(F)ccc(C)c1F.COc1ccn2c(-c3ccc(C)cc3)cnc2c1. The maximum atomic E-state index is 13.1. The first-order valence-corrected chi connectivity index (χ1v) is 10.4. The van der Waals surface area contributed by atoms with Crippen molar-refractivity contribution in [2.45, 2.75) is 34.6 Å². The number of rotatable bonds is 3. The Kier molecular flexibility index (Phi) is 8.64. The van der Waals surface area contributed by atoms with Crippen LogP contribution in [0.25, 0.3) is 16.9 Å². The third-order valence-corrected chi connectivity index (χ3v) is 4.70. The van der Waals surface area contributed by atoms with E-state index in [9.17, 15) is 13.6 Å². The van der Waals surface area contributed by atoms with E-state index in [2.05, 4.69) is 40.6 Å². The predicted molar refractivity (Wildman–Crippen MR) is 124 cm³/mol. The van der Waals surface area contributed by atoms with E-state index in [1.807, 2.05) is 38.4 Å². The predicted octanol–water partition coefficient (Wildman–Crippen LogP) is 6.82. The van der Waals surface area contributed by atoms with Crippen LogP contribution in [0.4, 0.5) is 8.78 Å². The first-order valence-electron chi connectivity index (χ1n) is 10.4. The van der Waals surface area contributed by atoms with Crippen LogP contribution < -0.4 is 4.74 Å². The van der Waals surface area contributed by atoms with Gasteiger partial charge in [0.1, 0.15) is 23.0 Å². The molecule has 0 aliphatic heterocycles. The summed E-state index contributed by atoms with van der Waals surface area (Å²) >= 11 is 0. The minimum Gasteiger partial charge on any atom is -0.497 e. The van der Waals surface area contributed by atoms with Crippen LogP contribution in [0, 0.1) is 25.5 Å². The minimum absolute atomic E-state index is 0.279. The number of pyridine rings is 1. The van der Waals surface area contributed by atoms with E-state index in [-0.39, 0.29) is 5.56 Å². The van der Waals surface area contributed by atoms with Crippen molar-refractivity contribution in [2.75, 3.05) is 7.11 Å². The number of Topliss-reactive ketones (excluding diaryl/α,β-unsaturated/α-hetero) is 1. The Hall–Kier alpha value is -3.54. The van der Waals surface area contributed by atoms with Gasteiger partial charge in [-0.25, -0.2) is 13.8 Å². The molecule has 4 nitrogen and oxygen atoms in total. The molecule has 6 heteroatoms. The summed E-state index contributed by atoms with van der Waals surface area (Å²) in [4.78, 5) is 15.2. The topological polar surface area (TPSA) is 43.6 Å². The van der Waals surface area contributed by atoms with E-state index < -0.39 is 23.0 Å². The van der Waals surface area contributed by atoms with E-state index >= 15 is 0 Å². The number of nitrogens with zero attached hydrogens (tertiary/aromatic N) is 2. The van der Waals surface area contributed by atoms with Crippen LogP contribution >= 0.6 is 0 Å². The number of ether oxygens (including phenoxy) is 1. The average Bonchev–Trinajstić information content (AvgIpc) is 3.22. The molecule has 0 N–H and O–H groups in total.